The van der Waals surface area contributed by atoms with Crippen LogP contribution < -0.4 is 4.90 Å². The lowest BCUT2D eigenvalue weighted by atomic mass is 10.2. The van der Waals surface area contributed by atoms with Gasteiger partial charge in [0, 0.05) is 32.0 Å². The number of hydrogen-bond acceptors (Lipinski definition) is 6. The van der Waals surface area contributed by atoms with Gasteiger partial charge in [-0.15, -0.1) is 11.3 Å². The van der Waals surface area contributed by atoms with E-state index in [2.05, 4.69) is 21.5 Å². The van der Waals surface area contributed by atoms with Gasteiger partial charge < -0.3 is 14.4 Å². The van der Waals surface area contributed by atoms with Crippen molar-refractivity contribution in [2.75, 3.05) is 38.8 Å². The lowest BCUT2D eigenvalue weighted by Crippen LogP contribution is -2.26. The van der Waals surface area contributed by atoms with Gasteiger partial charge in [0.05, 0.1) is 25.8 Å². The minimum atomic E-state index is -0.198. The standard InChI is InChI=1S/C12H20N2O3S/c1-4-14(7-8-16-2)12-13-10(9-18-12)5-6-11(15)17-3/h9H,4-8H2,1-3H3. The highest BCUT2D eigenvalue weighted by atomic mass is 32.1. The van der Waals surface area contributed by atoms with Gasteiger partial charge in [-0.1, -0.05) is 0 Å². The number of aromatic nitrogens is 1. The second-order valence-electron chi connectivity index (χ2n) is 3.77. The number of nitrogens with zero attached hydrogens (tertiary/aromatic N) is 2. The highest BCUT2D eigenvalue weighted by Gasteiger charge is 2.10. The molecular weight excluding hydrogens is 252 g/mol. The maximum Gasteiger partial charge on any atom is 0.305 e. The molecule has 0 aromatic carbocycles. The third-order valence-corrected chi connectivity index (χ3v) is 3.52. The van der Waals surface area contributed by atoms with E-state index in [4.69, 9.17) is 4.74 Å². The quantitative estimate of drug-likeness (QED) is 0.674. The summed E-state index contributed by atoms with van der Waals surface area (Å²) in [5.41, 5.74) is 0.941. The molecule has 0 amide bonds. The second kappa shape index (κ2) is 8.05. The highest BCUT2D eigenvalue weighted by Crippen LogP contribution is 2.21. The van der Waals surface area contributed by atoms with Crippen LogP contribution in [0.25, 0.3) is 0 Å². The van der Waals surface area contributed by atoms with Crippen LogP contribution >= 0.6 is 11.3 Å². The molecule has 0 aliphatic rings. The van der Waals surface area contributed by atoms with Gasteiger partial charge in [-0.05, 0) is 6.92 Å². The largest absolute Gasteiger partial charge is 0.469 e. The molecule has 0 spiro atoms. The van der Waals surface area contributed by atoms with Gasteiger partial charge in [-0.2, -0.15) is 0 Å². The SMILES string of the molecule is CCN(CCOC)c1nc(CCC(=O)OC)cs1. The number of methoxy groups -OCH3 is 2. The minimum absolute atomic E-state index is 0.198. The van der Waals surface area contributed by atoms with Gasteiger partial charge in [0.1, 0.15) is 0 Å². The summed E-state index contributed by atoms with van der Waals surface area (Å²) >= 11 is 1.60. The Morgan fingerprint density at radius 1 is 1.50 bits per heavy atom. The Bertz CT molecular complexity index is 368. The first-order chi connectivity index (χ1) is 8.71. The summed E-state index contributed by atoms with van der Waals surface area (Å²) in [7, 11) is 3.09. The molecule has 0 aliphatic carbocycles. The maximum atomic E-state index is 11.0. The number of likely N-dealkylation sites (N-methyl/N-ethyl adjacent to an activating group) is 1. The number of aryl methyl sites for hydroxylation is 1. The minimum Gasteiger partial charge on any atom is -0.469 e. The summed E-state index contributed by atoms with van der Waals surface area (Å²) in [4.78, 5) is 17.7. The van der Waals surface area contributed by atoms with Crippen LogP contribution in [0.15, 0.2) is 5.38 Å². The Labute approximate surface area is 112 Å². The first-order valence-electron chi connectivity index (χ1n) is 5.96. The van der Waals surface area contributed by atoms with Crippen LogP contribution in [0, 0.1) is 0 Å². The van der Waals surface area contributed by atoms with Gasteiger partial charge in [0.15, 0.2) is 5.13 Å². The predicted octanol–water partition coefficient (Wildman–Crippen LogP) is 1.72. The van der Waals surface area contributed by atoms with E-state index in [0.717, 1.165) is 23.9 Å². The van der Waals surface area contributed by atoms with Crippen molar-refractivity contribution >= 4 is 22.4 Å². The molecule has 0 bridgehead atoms. The Kier molecular flexibility index (Phi) is 6.67. The van der Waals surface area contributed by atoms with Crippen molar-refractivity contribution in [2.24, 2.45) is 0 Å². The maximum absolute atomic E-state index is 11.0. The summed E-state index contributed by atoms with van der Waals surface area (Å²) in [6, 6.07) is 0. The number of hydrogen-bond donors (Lipinski definition) is 0. The first-order valence-corrected chi connectivity index (χ1v) is 6.84. The van der Waals surface area contributed by atoms with Crippen molar-refractivity contribution in [3.8, 4) is 0 Å². The number of carbonyl (C=O) groups is 1. The van der Waals surface area contributed by atoms with E-state index in [9.17, 15) is 4.79 Å². The van der Waals surface area contributed by atoms with Gasteiger partial charge in [0.2, 0.25) is 0 Å². The summed E-state index contributed by atoms with van der Waals surface area (Å²) in [6.07, 6.45) is 1.01. The van der Waals surface area contributed by atoms with E-state index in [1.807, 2.05) is 5.38 Å². The first kappa shape index (κ1) is 14.9. The Hall–Kier alpha value is -1.14. The number of thiazole rings is 1. The number of anilines is 1. The molecule has 0 unspecified atom stereocenters. The van der Waals surface area contributed by atoms with Crippen LogP contribution in [0.4, 0.5) is 5.13 Å². The third-order valence-electron chi connectivity index (χ3n) is 2.57. The fraction of sp³-hybridized carbons (Fsp3) is 0.667. The van der Waals surface area contributed by atoms with Crippen LogP contribution in [-0.4, -0.2) is 44.9 Å². The molecule has 0 radical (unpaired) electrons. The van der Waals surface area contributed by atoms with Crippen LogP contribution in [0.2, 0.25) is 0 Å². The zero-order valence-corrected chi connectivity index (χ0v) is 12.0. The topological polar surface area (TPSA) is 51.7 Å². The van der Waals surface area contributed by atoms with E-state index < -0.39 is 0 Å². The summed E-state index contributed by atoms with van der Waals surface area (Å²) in [6.45, 7) is 4.50. The molecule has 0 saturated heterocycles. The van der Waals surface area contributed by atoms with E-state index in [1.165, 1.54) is 7.11 Å². The number of rotatable bonds is 8. The Morgan fingerprint density at radius 3 is 2.89 bits per heavy atom. The average molecular weight is 272 g/mol. The van der Waals surface area contributed by atoms with Crippen molar-refractivity contribution < 1.29 is 14.3 Å². The zero-order valence-electron chi connectivity index (χ0n) is 11.1. The summed E-state index contributed by atoms with van der Waals surface area (Å²) in [5, 5.41) is 2.97. The smallest absolute Gasteiger partial charge is 0.305 e. The van der Waals surface area contributed by atoms with Crippen molar-refractivity contribution in [1.29, 1.82) is 0 Å². The van der Waals surface area contributed by atoms with E-state index in [-0.39, 0.29) is 5.97 Å². The van der Waals surface area contributed by atoms with E-state index in [1.54, 1.807) is 18.4 Å². The lowest BCUT2D eigenvalue weighted by molar-refractivity contribution is -0.140. The molecule has 0 N–H and O–H groups in total. The molecule has 1 heterocycles. The van der Waals surface area contributed by atoms with E-state index in [0.29, 0.717) is 19.4 Å². The molecule has 1 aromatic rings. The van der Waals surface area contributed by atoms with Crippen LogP contribution in [0.5, 0.6) is 0 Å². The molecule has 5 nitrogen and oxygen atoms in total. The molecule has 0 fully saturated rings. The normalized spacial score (nSPS) is 10.4. The second-order valence-corrected chi connectivity index (χ2v) is 4.61. The molecule has 0 atom stereocenters. The summed E-state index contributed by atoms with van der Waals surface area (Å²) in [5.74, 6) is -0.198. The Morgan fingerprint density at radius 2 is 2.28 bits per heavy atom. The van der Waals surface area contributed by atoms with Crippen molar-refractivity contribution in [3.05, 3.63) is 11.1 Å². The molecule has 0 aliphatic heterocycles. The van der Waals surface area contributed by atoms with Gasteiger partial charge in [0.25, 0.3) is 0 Å². The van der Waals surface area contributed by atoms with E-state index >= 15 is 0 Å². The Balaban J connectivity index is 2.52. The fourth-order valence-electron chi connectivity index (χ4n) is 1.48. The van der Waals surface area contributed by atoms with Gasteiger partial charge in [-0.25, -0.2) is 4.98 Å². The highest BCUT2D eigenvalue weighted by molar-refractivity contribution is 7.13. The van der Waals surface area contributed by atoms with Gasteiger partial charge >= 0.3 is 5.97 Å². The monoisotopic (exact) mass is 272 g/mol. The average Bonchev–Trinajstić information content (AvgIpc) is 2.85. The lowest BCUT2D eigenvalue weighted by Gasteiger charge is -2.18. The van der Waals surface area contributed by atoms with Crippen LogP contribution in [-0.2, 0) is 20.7 Å². The molecule has 18 heavy (non-hydrogen) atoms. The molecule has 102 valence electrons. The number of carbonyl (C=O) groups excluding carboxylic acids is 1. The van der Waals surface area contributed by atoms with Crippen LogP contribution in [0.1, 0.15) is 19.0 Å². The van der Waals surface area contributed by atoms with Crippen molar-refractivity contribution in [2.45, 2.75) is 19.8 Å². The molecular formula is C12H20N2O3S. The van der Waals surface area contributed by atoms with Crippen molar-refractivity contribution in [1.82, 2.24) is 4.98 Å². The van der Waals surface area contributed by atoms with Crippen molar-refractivity contribution in [3.63, 3.8) is 0 Å². The fourth-order valence-corrected chi connectivity index (χ4v) is 2.43. The summed E-state index contributed by atoms with van der Waals surface area (Å²) < 4.78 is 9.68. The predicted molar refractivity (Wildman–Crippen MR) is 72.2 cm³/mol. The zero-order chi connectivity index (χ0) is 13.4. The van der Waals surface area contributed by atoms with Crippen LogP contribution in [0.3, 0.4) is 0 Å². The molecule has 0 saturated carbocycles. The molecule has 6 heteroatoms. The third kappa shape index (κ3) is 4.62. The molecule has 1 rings (SSSR count). The molecule has 1 aromatic heterocycles. The number of esters is 1. The number of ether oxygens (including phenoxy) is 2. The van der Waals surface area contributed by atoms with Gasteiger partial charge in [-0.3, -0.25) is 4.79 Å².